The second kappa shape index (κ2) is 5.75. The highest BCUT2D eigenvalue weighted by Crippen LogP contribution is 2.10. The van der Waals surface area contributed by atoms with Gasteiger partial charge < -0.3 is 9.84 Å². The van der Waals surface area contributed by atoms with Crippen LogP contribution < -0.4 is 0 Å². The second-order valence-electron chi connectivity index (χ2n) is 3.57. The molecule has 0 aliphatic heterocycles. The maximum atomic E-state index is 11.0. The summed E-state index contributed by atoms with van der Waals surface area (Å²) in [5.74, 6) is -0.0645. The molecule has 13 heavy (non-hydrogen) atoms. The quantitative estimate of drug-likeness (QED) is 0.521. The van der Waals surface area contributed by atoms with Crippen LogP contribution in [0.5, 0.6) is 0 Å². The molecule has 0 saturated heterocycles. The Labute approximate surface area is 79.4 Å². The highest BCUT2D eigenvalue weighted by molar-refractivity contribution is 5.86. The largest absolute Gasteiger partial charge is 0.462 e. The topological polar surface area (TPSA) is 46.5 Å². The lowest BCUT2D eigenvalue weighted by Crippen LogP contribution is -2.22. The Hall–Kier alpha value is -0.830. The van der Waals surface area contributed by atoms with Gasteiger partial charge in [-0.05, 0) is 12.8 Å². The van der Waals surface area contributed by atoms with Gasteiger partial charge in [-0.15, -0.1) is 0 Å². The average Bonchev–Trinajstić information content (AvgIpc) is 2.04. The van der Waals surface area contributed by atoms with Crippen molar-refractivity contribution in [2.24, 2.45) is 11.8 Å². The van der Waals surface area contributed by atoms with Crippen molar-refractivity contribution in [3.05, 3.63) is 12.2 Å². The molecule has 0 aromatic carbocycles. The molecule has 0 spiro atoms. The fourth-order valence-corrected chi connectivity index (χ4v) is 0.762. The lowest BCUT2D eigenvalue weighted by Gasteiger charge is -2.17. The van der Waals surface area contributed by atoms with Crippen molar-refractivity contribution in [3.8, 4) is 0 Å². The summed E-state index contributed by atoms with van der Waals surface area (Å²) in [4.78, 5) is 11.0. The summed E-state index contributed by atoms with van der Waals surface area (Å²) in [6.45, 7) is 9.34. The van der Waals surface area contributed by atoms with Crippen LogP contribution in [0.4, 0.5) is 0 Å². The number of aliphatic hydroxyl groups is 1. The number of carbonyl (C=O) groups excluding carboxylic acids is 1. The molecule has 0 amide bonds. The van der Waals surface area contributed by atoms with E-state index in [1.807, 2.05) is 13.8 Å². The molecule has 1 atom stereocenters. The first-order chi connectivity index (χ1) is 5.99. The third-order valence-electron chi connectivity index (χ3n) is 1.95. The third kappa shape index (κ3) is 4.68. The molecule has 0 radical (unpaired) electrons. The van der Waals surface area contributed by atoms with Crippen molar-refractivity contribution in [2.75, 3.05) is 13.2 Å². The number of rotatable bonds is 5. The van der Waals surface area contributed by atoms with E-state index in [1.54, 1.807) is 6.92 Å². The number of hydrogen-bond acceptors (Lipinski definition) is 3. The first kappa shape index (κ1) is 12.2. The number of ether oxygens (including phenoxy) is 1. The molecule has 0 heterocycles. The summed E-state index contributed by atoms with van der Waals surface area (Å²) in [7, 11) is 0. The zero-order valence-electron chi connectivity index (χ0n) is 8.54. The van der Waals surface area contributed by atoms with Crippen LogP contribution >= 0.6 is 0 Å². The third-order valence-corrected chi connectivity index (χ3v) is 1.95. The van der Waals surface area contributed by atoms with Gasteiger partial charge >= 0.3 is 5.97 Å². The maximum Gasteiger partial charge on any atom is 0.333 e. The van der Waals surface area contributed by atoms with Crippen LogP contribution in [-0.4, -0.2) is 24.3 Å². The van der Waals surface area contributed by atoms with E-state index in [-0.39, 0.29) is 25.1 Å². The summed E-state index contributed by atoms with van der Waals surface area (Å²) < 4.78 is 4.92. The van der Waals surface area contributed by atoms with Crippen molar-refractivity contribution in [2.45, 2.75) is 20.8 Å². The number of carbonyl (C=O) groups is 1. The molecule has 0 aliphatic carbocycles. The lowest BCUT2D eigenvalue weighted by molar-refractivity contribution is -0.141. The molecule has 1 N–H and O–H groups in total. The van der Waals surface area contributed by atoms with Crippen LogP contribution in [0.1, 0.15) is 20.8 Å². The van der Waals surface area contributed by atoms with Gasteiger partial charge in [-0.2, -0.15) is 0 Å². The Morgan fingerprint density at radius 2 is 2.08 bits per heavy atom. The smallest absolute Gasteiger partial charge is 0.333 e. The molecule has 0 aromatic rings. The van der Waals surface area contributed by atoms with Crippen LogP contribution in [0, 0.1) is 11.8 Å². The van der Waals surface area contributed by atoms with Crippen LogP contribution in [-0.2, 0) is 9.53 Å². The zero-order chi connectivity index (χ0) is 10.4. The minimum Gasteiger partial charge on any atom is -0.462 e. The van der Waals surface area contributed by atoms with E-state index in [0.717, 1.165) is 0 Å². The van der Waals surface area contributed by atoms with E-state index in [2.05, 4.69) is 6.58 Å². The maximum absolute atomic E-state index is 11.0. The highest BCUT2D eigenvalue weighted by atomic mass is 16.5. The van der Waals surface area contributed by atoms with Gasteiger partial charge in [0, 0.05) is 18.1 Å². The Bertz CT molecular complexity index is 185. The summed E-state index contributed by atoms with van der Waals surface area (Å²) in [6.07, 6.45) is 0. The summed E-state index contributed by atoms with van der Waals surface area (Å²) in [6, 6.07) is 0. The molecule has 0 rings (SSSR count). The molecule has 0 aromatic heterocycles. The molecule has 1 unspecified atom stereocenters. The molecule has 0 aliphatic rings. The van der Waals surface area contributed by atoms with Crippen LogP contribution in [0.3, 0.4) is 0 Å². The van der Waals surface area contributed by atoms with Gasteiger partial charge in [0.25, 0.3) is 0 Å². The first-order valence-electron chi connectivity index (χ1n) is 4.42. The van der Waals surface area contributed by atoms with Gasteiger partial charge in [-0.25, -0.2) is 4.79 Å². The predicted molar refractivity (Wildman–Crippen MR) is 51.2 cm³/mol. The van der Waals surface area contributed by atoms with E-state index in [4.69, 9.17) is 9.84 Å². The van der Waals surface area contributed by atoms with Crippen molar-refractivity contribution in [1.82, 2.24) is 0 Å². The Morgan fingerprint density at radius 1 is 1.54 bits per heavy atom. The number of hydrogen-bond donors (Lipinski definition) is 1. The molecule has 0 saturated carbocycles. The molecular formula is C10H18O3. The van der Waals surface area contributed by atoms with E-state index in [0.29, 0.717) is 11.5 Å². The average molecular weight is 186 g/mol. The fourth-order valence-electron chi connectivity index (χ4n) is 0.762. The minimum absolute atomic E-state index is 0.0169. The van der Waals surface area contributed by atoms with Crippen LogP contribution in [0.2, 0.25) is 0 Å². The van der Waals surface area contributed by atoms with E-state index in [9.17, 15) is 4.79 Å². The Balaban J connectivity index is 3.85. The van der Waals surface area contributed by atoms with Crippen LogP contribution in [0.15, 0.2) is 12.2 Å². The van der Waals surface area contributed by atoms with Gasteiger partial charge in [-0.1, -0.05) is 20.4 Å². The number of esters is 1. The zero-order valence-corrected chi connectivity index (χ0v) is 8.54. The van der Waals surface area contributed by atoms with Gasteiger partial charge in [0.2, 0.25) is 0 Å². The SMILES string of the molecule is C=C(C)C(=O)OCC(CO)C(C)C. The Morgan fingerprint density at radius 3 is 2.38 bits per heavy atom. The standard InChI is InChI=1S/C10H18O3/c1-7(2)9(5-11)6-13-10(12)8(3)4/h7,9,11H,3,5-6H2,1-2,4H3. The minimum atomic E-state index is -0.390. The second-order valence-corrected chi connectivity index (χ2v) is 3.57. The summed E-state index contributed by atoms with van der Waals surface area (Å²) >= 11 is 0. The molecule has 3 nitrogen and oxygen atoms in total. The monoisotopic (exact) mass is 186 g/mol. The molecule has 3 heteroatoms. The summed E-state index contributed by atoms with van der Waals surface area (Å²) in [5, 5.41) is 8.93. The highest BCUT2D eigenvalue weighted by Gasteiger charge is 2.14. The van der Waals surface area contributed by atoms with Gasteiger partial charge in [-0.3, -0.25) is 0 Å². The first-order valence-corrected chi connectivity index (χ1v) is 4.42. The van der Waals surface area contributed by atoms with Crippen molar-refractivity contribution >= 4 is 5.97 Å². The fraction of sp³-hybridized carbons (Fsp3) is 0.700. The lowest BCUT2D eigenvalue weighted by atomic mass is 9.98. The molecule has 76 valence electrons. The van der Waals surface area contributed by atoms with Gasteiger partial charge in [0.05, 0.1) is 6.61 Å². The van der Waals surface area contributed by atoms with Crippen molar-refractivity contribution in [3.63, 3.8) is 0 Å². The predicted octanol–water partition coefficient (Wildman–Crippen LogP) is 1.37. The van der Waals surface area contributed by atoms with Crippen molar-refractivity contribution < 1.29 is 14.6 Å². The van der Waals surface area contributed by atoms with Crippen LogP contribution in [0.25, 0.3) is 0 Å². The molecule has 0 fully saturated rings. The Kier molecular flexibility index (Phi) is 5.39. The van der Waals surface area contributed by atoms with E-state index < -0.39 is 0 Å². The normalized spacial score (nSPS) is 12.7. The molecular weight excluding hydrogens is 168 g/mol. The van der Waals surface area contributed by atoms with E-state index >= 15 is 0 Å². The van der Waals surface area contributed by atoms with Crippen molar-refractivity contribution in [1.29, 1.82) is 0 Å². The molecule has 0 bridgehead atoms. The number of aliphatic hydroxyl groups excluding tert-OH is 1. The van der Waals surface area contributed by atoms with Gasteiger partial charge in [0.15, 0.2) is 0 Å². The van der Waals surface area contributed by atoms with Gasteiger partial charge in [0.1, 0.15) is 0 Å². The summed E-state index contributed by atoms with van der Waals surface area (Å²) in [5.41, 5.74) is 0.389. The van der Waals surface area contributed by atoms with E-state index in [1.165, 1.54) is 0 Å².